The molecule has 2 aliphatic rings. The molecule has 4 heteroatoms. The van der Waals surface area contributed by atoms with Crippen LogP contribution in [0.5, 0.6) is 0 Å². The van der Waals surface area contributed by atoms with Crippen LogP contribution in [-0.2, 0) is 11.3 Å². The molecule has 0 aromatic heterocycles. The van der Waals surface area contributed by atoms with Crippen molar-refractivity contribution in [2.45, 2.75) is 6.54 Å². The van der Waals surface area contributed by atoms with Crippen LogP contribution in [0.2, 0.25) is 0 Å². The van der Waals surface area contributed by atoms with Gasteiger partial charge >= 0.3 is 0 Å². The van der Waals surface area contributed by atoms with Crippen molar-refractivity contribution in [3.8, 4) is 0 Å². The van der Waals surface area contributed by atoms with Gasteiger partial charge in [0, 0.05) is 30.0 Å². The smallest absolute Gasteiger partial charge is 0.133 e. The van der Waals surface area contributed by atoms with E-state index in [0.717, 1.165) is 44.1 Å². The van der Waals surface area contributed by atoms with Gasteiger partial charge in [-0.1, -0.05) is 24.3 Å². The Morgan fingerprint density at radius 2 is 1.55 bits per heavy atom. The molecule has 0 atom stereocenters. The van der Waals surface area contributed by atoms with Crippen LogP contribution in [-0.4, -0.2) is 32.1 Å². The first kappa shape index (κ1) is 13.3. The summed E-state index contributed by atoms with van der Waals surface area (Å²) >= 11 is 0. The van der Waals surface area contributed by atoms with Crippen molar-refractivity contribution in [2.24, 2.45) is 0 Å². The number of anilines is 2. The monoisotopic (exact) mass is 293 g/mol. The minimum Gasteiger partial charge on any atom is -0.378 e. The number of ether oxygens (including phenoxy) is 1. The van der Waals surface area contributed by atoms with Gasteiger partial charge in [0.1, 0.15) is 5.84 Å². The normalized spacial score (nSPS) is 17.7. The average Bonchev–Trinajstić information content (AvgIpc) is 2.93. The van der Waals surface area contributed by atoms with Crippen LogP contribution in [0.3, 0.4) is 0 Å². The lowest BCUT2D eigenvalue weighted by atomic mass is 10.1. The number of hydrogen-bond donors (Lipinski definition) is 1. The van der Waals surface area contributed by atoms with Crippen LogP contribution >= 0.6 is 0 Å². The zero-order chi connectivity index (χ0) is 14.9. The van der Waals surface area contributed by atoms with Crippen molar-refractivity contribution >= 4 is 17.2 Å². The number of nitrogens with one attached hydrogen (secondary N) is 1. The fraction of sp³-hybridized carbons (Fsp3) is 0.278. The van der Waals surface area contributed by atoms with E-state index in [1.165, 1.54) is 11.3 Å². The lowest BCUT2D eigenvalue weighted by Crippen LogP contribution is -2.36. The molecule has 1 saturated heterocycles. The highest BCUT2D eigenvalue weighted by Crippen LogP contribution is 2.29. The maximum atomic E-state index is 8.37. The highest BCUT2D eigenvalue weighted by Gasteiger charge is 2.24. The van der Waals surface area contributed by atoms with Crippen LogP contribution in [0.4, 0.5) is 11.4 Å². The van der Waals surface area contributed by atoms with Crippen molar-refractivity contribution in [3.05, 3.63) is 59.7 Å². The summed E-state index contributed by atoms with van der Waals surface area (Å²) in [7, 11) is 0. The van der Waals surface area contributed by atoms with Crippen molar-refractivity contribution in [1.29, 1.82) is 5.41 Å². The van der Waals surface area contributed by atoms with Gasteiger partial charge in [-0.15, -0.1) is 0 Å². The number of morpholine rings is 1. The van der Waals surface area contributed by atoms with Crippen molar-refractivity contribution in [3.63, 3.8) is 0 Å². The topological polar surface area (TPSA) is 39.6 Å². The zero-order valence-corrected chi connectivity index (χ0v) is 12.5. The van der Waals surface area contributed by atoms with E-state index in [4.69, 9.17) is 10.1 Å². The van der Waals surface area contributed by atoms with Gasteiger partial charge in [-0.05, 0) is 29.8 Å². The minimum absolute atomic E-state index is 0.592. The summed E-state index contributed by atoms with van der Waals surface area (Å²) in [5.74, 6) is 0.592. The predicted octanol–water partition coefficient (Wildman–Crippen LogP) is 2.87. The summed E-state index contributed by atoms with van der Waals surface area (Å²) in [5, 5.41) is 8.37. The maximum absolute atomic E-state index is 8.37. The summed E-state index contributed by atoms with van der Waals surface area (Å²) in [5.41, 5.74) is 4.58. The first-order valence-corrected chi connectivity index (χ1v) is 7.70. The van der Waals surface area contributed by atoms with E-state index >= 15 is 0 Å². The molecule has 112 valence electrons. The maximum Gasteiger partial charge on any atom is 0.133 e. The van der Waals surface area contributed by atoms with Crippen LogP contribution in [0.15, 0.2) is 48.5 Å². The summed E-state index contributed by atoms with van der Waals surface area (Å²) < 4.78 is 5.40. The second-order valence-electron chi connectivity index (χ2n) is 5.71. The Kier molecular flexibility index (Phi) is 3.31. The van der Waals surface area contributed by atoms with Gasteiger partial charge < -0.3 is 14.5 Å². The number of nitrogens with zero attached hydrogens (tertiary/aromatic N) is 2. The summed E-state index contributed by atoms with van der Waals surface area (Å²) in [6, 6.07) is 16.7. The molecule has 0 aliphatic carbocycles. The number of benzene rings is 2. The highest BCUT2D eigenvalue weighted by molar-refractivity contribution is 6.11. The Labute approximate surface area is 130 Å². The molecule has 0 saturated carbocycles. The number of rotatable bonds is 2. The first-order valence-electron chi connectivity index (χ1n) is 7.70. The Morgan fingerprint density at radius 1 is 0.864 bits per heavy atom. The van der Waals surface area contributed by atoms with Gasteiger partial charge in [0.15, 0.2) is 0 Å². The van der Waals surface area contributed by atoms with Crippen LogP contribution < -0.4 is 9.80 Å². The molecule has 4 nitrogen and oxygen atoms in total. The van der Waals surface area contributed by atoms with Crippen LogP contribution in [0, 0.1) is 5.41 Å². The molecule has 22 heavy (non-hydrogen) atoms. The Morgan fingerprint density at radius 3 is 2.27 bits per heavy atom. The van der Waals surface area contributed by atoms with Crippen molar-refractivity contribution in [1.82, 2.24) is 0 Å². The van der Waals surface area contributed by atoms with E-state index in [1.807, 2.05) is 18.2 Å². The largest absolute Gasteiger partial charge is 0.378 e. The average molecular weight is 293 g/mol. The van der Waals surface area contributed by atoms with Crippen molar-refractivity contribution in [2.75, 3.05) is 36.1 Å². The molecule has 1 fully saturated rings. The molecule has 0 radical (unpaired) electrons. The standard InChI is InChI=1S/C18H19N3O/c19-18-17-4-2-1-3-14(17)13-21(18)16-7-5-15(6-8-16)20-9-11-22-12-10-20/h1-8,19H,9-13H2. The Bertz CT molecular complexity index is 690. The van der Waals surface area contributed by atoms with Gasteiger partial charge in [-0.3, -0.25) is 5.41 Å². The zero-order valence-electron chi connectivity index (χ0n) is 12.5. The quantitative estimate of drug-likeness (QED) is 0.925. The molecule has 2 aromatic rings. The predicted molar refractivity (Wildman–Crippen MR) is 88.9 cm³/mol. The molecule has 1 N–H and O–H groups in total. The van der Waals surface area contributed by atoms with E-state index in [9.17, 15) is 0 Å². The van der Waals surface area contributed by atoms with Crippen LogP contribution in [0.25, 0.3) is 0 Å². The lowest BCUT2D eigenvalue weighted by molar-refractivity contribution is 0.122. The van der Waals surface area contributed by atoms with Gasteiger partial charge in [0.05, 0.1) is 19.8 Å². The second kappa shape index (κ2) is 5.46. The molecule has 0 amide bonds. The third-order valence-electron chi connectivity index (χ3n) is 4.41. The van der Waals surface area contributed by atoms with Crippen molar-refractivity contribution < 1.29 is 4.74 Å². The third kappa shape index (κ3) is 2.25. The minimum atomic E-state index is 0.592. The Balaban J connectivity index is 1.56. The number of amidine groups is 1. The van der Waals surface area contributed by atoms with E-state index in [-0.39, 0.29) is 0 Å². The number of hydrogen-bond acceptors (Lipinski definition) is 3. The molecular formula is C18H19N3O. The van der Waals surface area contributed by atoms with E-state index in [2.05, 4.69) is 40.1 Å². The molecule has 2 aromatic carbocycles. The van der Waals surface area contributed by atoms with E-state index in [0.29, 0.717) is 5.84 Å². The highest BCUT2D eigenvalue weighted by atomic mass is 16.5. The Hall–Kier alpha value is -2.33. The van der Waals surface area contributed by atoms with Gasteiger partial charge in [-0.2, -0.15) is 0 Å². The summed E-state index contributed by atoms with van der Waals surface area (Å²) in [4.78, 5) is 4.41. The lowest BCUT2D eigenvalue weighted by Gasteiger charge is -2.29. The van der Waals surface area contributed by atoms with E-state index in [1.54, 1.807) is 0 Å². The fourth-order valence-corrected chi connectivity index (χ4v) is 3.17. The fourth-order valence-electron chi connectivity index (χ4n) is 3.17. The molecule has 0 bridgehead atoms. The van der Waals surface area contributed by atoms with Gasteiger partial charge in [0.2, 0.25) is 0 Å². The van der Waals surface area contributed by atoms with Gasteiger partial charge in [0.25, 0.3) is 0 Å². The summed E-state index contributed by atoms with van der Waals surface area (Å²) in [6.07, 6.45) is 0. The summed E-state index contributed by atoms with van der Waals surface area (Å²) in [6.45, 7) is 4.28. The SMILES string of the molecule is N=C1c2ccccc2CN1c1ccc(N2CCOCC2)cc1. The first-order chi connectivity index (χ1) is 10.8. The molecular weight excluding hydrogens is 274 g/mol. The molecule has 0 unspecified atom stereocenters. The molecule has 4 rings (SSSR count). The van der Waals surface area contributed by atoms with Gasteiger partial charge in [-0.25, -0.2) is 0 Å². The number of fused-ring (bicyclic) bond motifs is 1. The van der Waals surface area contributed by atoms with E-state index < -0.39 is 0 Å². The third-order valence-corrected chi connectivity index (χ3v) is 4.41. The molecule has 2 heterocycles. The van der Waals surface area contributed by atoms with Crippen LogP contribution in [0.1, 0.15) is 11.1 Å². The molecule has 2 aliphatic heterocycles. The second-order valence-corrected chi connectivity index (χ2v) is 5.71. The molecule has 0 spiro atoms.